The van der Waals surface area contributed by atoms with Gasteiger partial charge in [-0.1, -0.05) is 5.16 Å². The fourth-order valence-corrected chi connectivity index (χ4v) is 3.78. The molecule has 2 aliphatic heterocycles. The fourth-order valence-electron chi connectivity index (χ4n) is 3.78. The summed E-state index contributed by atoms with van der Waals surface area (Å²) in [6, 6.07) is 0. The smallest absolute Gasteiger partial charge is 0.225 e. The first kappa shape index (κ1) is 17.9. The van der Waals surface area contributed by atoms with Gasteiger partial charge in [-0.15, -0.1) is 0 Å². The van der Waals surface area contributed by atoms with Crippen molar-refractivity contribution in [3.63, 3.8) is 0 Å². The first-order chi connectivity index (χ1) is 12.0. The van der Waals surface area contributed by atoms with Crippen LogP contribution >= 0.6 is 0 Å². The van der Waals surface area contributed by atoms with Gasteiger partial charge in [-0.25, -0.2) is 0 Å². The van der Waals surface area contributed by atoms with Crippen LogP contribution in [-0.2, 0) is 16.1 Å². The molecule has 2 saturated heterocycles. The van der Waals surface area contributed by atoms with Crippen molar-refractivity contribution in [1.82, 2.24) is 19.9 Å². The molecular formula is C18H28N4O3. The summed E-state index contributed by atoms with van der Waals surface area (Å²) >= 11 is 0. The van der Waals surface area contributed by atoms with Gasteiger partial charge < -0.3 is 14.3 Å². The van der Waals surface area contributed by atoms with Crippen LogP contribution in [0.15, 0.2) is 4.52 Å². The lowest BCUT2D eigenvalue weighted by atomic mass is 9.95. The molecule has 0 spiro atoms. The average molecular weight is 348 g/mol. The number of hydrogen-bond acceptors (Lipinski definition) is 5. The molecular weight excluding hydrogens is 320 g/mol. The van der Waals surface area contributed by atoms with Crippen molar-refractivity contribution >= 4 is 11.8 Å². The molecule has 0 bridgehead atoms. The van der Waals surface area contributed by atoms with Gasteiger partial charge in [-0.3, -0.25) is 14.5 Å². The molecule has 1 aromatic rings. The molecule has 7 heteroatoms. The Balaban J connectivity index is 1.47. The van der Waals surface area contributed by atoms with E-state index < -0.39 is 0 Å². The highest BCUT2D eigenvalue weighted by molar-refractivity contribution is 5.80. The van der Waals surface area contributed by atoms with E-state index in [1.54, 1.807) is 6.92 Å². The molecule has 2 fully saturated rings. The summed E-state index contributed by atoms with van der Waals surface area (Å²) in [5.74, 6) is 1.33. The van der Waals surface area contributed by atoms with E-state index in [4.69, 9.17) is 4.52 Å². The third-order valence-electron chi connectivity index (χ3n) is 5.54. The molecule has 3 heterocycles. The van der Waals surface area contributed by atoms with E-state index in [-0.39, 0.29) is 17.7 Å². The van der Waals surface area contributed by atoms with E-state index in [2.05, 4.69) is 10.1 Å². The van der Waals surface area contributed by atoms with Crippen molar-refractivity contribution in [3.8, 4) is 0 Å². The van der Waals surface area contributed by atoms with Crippen LogP contribution in [0.2, 0.25) is 0 Å². The number of aryl methyl sites for hydroxylation is 2. The Hall–Kier alpha value is -1.89. The van der Waals surface area contributed by atoms with Gasteiger partial charge in [0.15, 0.2) is 0 Å². The normalized spacial score (nSPS) is 20.1. The van der Waals surface area contributed by atoms with E-state index in [1.165, 1.54) is 0 Å². The monoisotopic (exact) mass is 348 g/mol. The van der Waals surface area contributed by atoms with Crippen LogP contribution in [0.3, 0.4) is 0 Å². The minimum atomic E-state index is 0.0738. The average Bonchev–Trinajstić information content (AvgIpc) is 2.94. The van der Waals surface area contributed by atoms with Gasteiger partial charge in [0.1, 0.15) is 5.76 Å². The molecule has 0 unspecified atom stereocenters. The molecule has 7 nitrogen and oxygen atoms in total. The lowest BCUT2D eigenvalue weighted by molar-refractivity contribution is -0.141. The second-order valence-electron chi connectivity index (χ2n) is 7.18. The van der Waals surface area contributed by atoms with Crippen LogP contribution in [0.25, 0.3) is 0 Å². The molecule has 0 N–H and O–H groups in total. The van der Waals surface area contributed by atoms with Gasteiger partial charge in [0.2, 0.25) is 11.8 Å². The van der Waals surface area contributed by atoms with Crippen LogP contribution in [0.4, 0.5) is 0 Å². The quantitative estimate of drug-likeness (QED) is 0.821. The summed E-state index contributed by atoms with van der Waals surface area (Å²) in [7, 11) is 0. The van der Waals surface area contributed by atoms with E-state index in [0.29, 0.717) is 13.1 Å². The van der Waals surface area contributed by atoms with Gasteiger partial charge in [0, 0.05) is 64.2 Å². The topological polar surface area (TPSA) is 69.9 Å². The van der Waals surface area contributed by atoms with Gasteiger partial charge in [-0.05, 0) is 26.7 Å². The van der Waals surface area contributed by atoms with Crippen molar-refractivity contribution in [1.29, 1.82) is 0 Å². The van der Waals surface area contributed by atoms with Crippen LogP contribution in [0.1, 0.15) is 36.8 Å². The lowest BCUT2D eigenvalue weighted by Gasteiger charge is -2.38. The summed E-state index contributed by atoms with van der Waals surface area (Å²) in [5.41, 5.74) is 2.12. The fraction of sp³-hybridized carbons (Fsp3) is 0.722. The highest BCUT2D eigenvalue weighted by Gasteiger charge is 2.31. The Kier molecular flexibility index (Phi) is 5.42. The van der Waals surface area contributed by atoms with Crippen LogP contribution < -0.4 is 0 Å². The maximum absolute atomic E-state index is 12.7. The molecule has 1 aromatic heterocycles. The van der Waals surface area contributed by atoms with Gasteiger partial charge in [0.05, 0.1) is 5.69 Å². The number of piperazine rings is 1. The molecule has 2 aliphatic rings. The molecule has 0 aliphatic carbocycles. The number of carbonyl (C=O) groups excluding carboxylic acids is 2. The second-order valence-corrected chi connectivity index (χ2v) is 7.18. The summed E-state index contributed by atoms with van der Waals surface area (Å²) in [5, 5.41) is 4.01. The summed E-state index contributed by atoms with van der Waals surface area (Å²) in [4.78, 5) is 30.3. The lowest BCUT2D eigenvalue weighted by Crippen LogP contribution is -2.51. The van der Waals surface area contributed by atoms with Crippen molar-refractivity contribution in [2.45, 2.75) is 40.2 Å². The highest BCUT2D eigenvalue weighted by atomic mass is 16.5. The predicted octanol–water partition coefficient (Wildman–Crippen LogP) is 1.19. The van der Waals surface area contributed by atoms with Crippen LogP contribution in [0.5, 0.6) is 0 Å². The second kappa shape index (κ2) is 7.56. The number of aromatic nitrogens is 1. The number of amides is 2. The summed E-state index contributed by atoms with van der Waals surface area (Å²) in [6.45, 7) is 11.1. The van der Waals surface area contributed by atoms with Crippen molar-refractivity contribution < 1.29 is 14.1 Å². The molecule has 3 rings (SSSR count). The number of likely N-dealkylation sites (tertiary alicyclic amines) is 1. The zero-order chi connectivity index (χ0) is 18.0. The van der Waals surface area contributed by atoms with Gasteiger partial charge >= 0.3 is 0 Å². The Morgan fingerprint density at radius 3 is 2.20 bits per heavy atom. The predicted molar refractivity (Wildman–Crippen MR) is 92.8 cm³/mol. The van der Waals surface area contributed by atoms with E-state index in [9.17, 15) is 9.59 Å². The molecule has 0 aromatic carbocycles. The number of rotatable bonds is 3. The maximum atomic E-state index is 12.7. The van der Waals surface area contributed by atoms with Gasteiger partial charge in [0.25, 0.3) is 0 Å². The van der Waals surface area contributed by atoms with E-state index in [1.807, 2.05) is 23.6 Å². The first-order valence-corrected chi connectivity index (χ1v) is 9.14. The number of carbonyl (C=O) groups is 2. The Labute approximate surface area is 148 Å². The Bertz CT molecular complexity index is 607. The van der Waals surface area contributed by atoms with Crippen molar-refractivity contribution in [2.75, 3.05) is 39.3 Å². The van der Waals surface area contributed by atoms with E-state index in [0.717, 1.165) is 62.6 Å². The molecule has 0 saturated carbocycles. The first-order valence-electron chi connectivity index (χ1n) is 9.14. The minimum Gasteiger partial charge on any atom is -0.361 e. The molecule has 2 amide bonds. The van der Waals surface area contributed by atoms with E-state index >= 15 is 0 Å². The third kappa shape index (κ3) is 4.03. The summed E-state index contributed by atoms with van der Waals surface area (Å²) < 4.78 is 5.23. The third-order valence-corrected chi connectivity index (χ3v) is 5.54. The standard InChI is InChI=1S/C18H28N4O3/c1-13-17(14(2)25-19-13)12-20-8-10-22(11-9-20)18(24)16-4-6-21(7-5-16)15(3)23/h16H,4-12H2,1-3H3. The zero-order valence-electron chi connectivity index (χ0n) is 15.5. The Morgan fingerprint density at radius 1 is 1.04 bits per heavy atom. The molecule has 25 heavy (non-hydrogen) atoms. The van der Waals surface area contributed by atoms with Crippen molar-refractivity contribution in [3.05, 3.63) is 17.0 Å². The SMILES string of the molecule is CC(=O)N1CCC(C(=O)N2CCN(Cc3c(C)noc3C)CC2)CC1. The molecule has 0 atom stereocenters. The number of hydrogen-bond donors (Lipinski definition) is 0. The number of nitrogens with zero attached hydrogens (tertiary/aromatic N) is 4. The summed E-state index contributed by atoms with van der Waals surface area (Å²) in [6.07, 6.45) is 1.58. The largest absolute Gasteiger partial charge is 0.361 e. The highest BCUT2D eigenvalue weighted by Crippen LogP contribution is 2.21. The maximum Gasteiger partial charge on any atom is 0.225 e. The molecule has 0 radical (unpaired) electrons. The van der Waals surface area contributed by atoms with Gasteiger partial charge in [-0.2, -0.15) is 0 Å². The van der Waals surface area contributed by atoms with Crippen molar-refractivity contribution in [2.24, 2.45) is 5.92 Å². The van der Waals surface area contributed by atoms with Crippen LogP contribution in [-0.4, -0.2) is 70.9 Å². The molecule has 138 valence electrons. The van der Waals surface area contributed by atoms with Crippen LogP contribution in [0, 0.1) is 19.8 Å². The minimum absolute atomic E-state index is 0.0738. The zero-order valence-corrected chi connectivity index (χ0v) is 15.5. The Morgan fingerprint density at radius 2 is 1.68 bits per heavy atom. The number of piperidine rings is 1.